The molecular formula is C16H20FN3. The zero-order chi connectivity index (χ0) is 14.9. The molecule has 0 aliphatic carbocycles. The monoisotopic (exact) mass is 273 g/mol. The predicted octanol–water partition coefficient (Wildman–Crippen LogP) is 2.89. The molecule has 5 N–H and O–H groups in total. The third-order valence-corrected chi connectivity index (χ3v) is 3.72. The summed E-state index contributed by atoms with van der Waals surface area (Å²) in [4.78, 5) is 0. The molecule has 0 fully saturated rings. The summed E-state index contributed by atoms with van der Waals surface area (Å²) in [5.41, 5.74) is 14.4. The average molecular weight is 273 g/mol. The van der Waals surface area contributed by atoms with E-state index in [0.717, 1.165) is 11.1 Å². The molecule has 3 nitrogen and oxygen atoms in total. The lowest BCUT2D eigenvalue weighted by Crippen LogP contribution is -2.30. The van der Waals surface area contributed by atoms with Crippen molar-refractivity contribution in [1.82, 2.24) is 5.43 Å². The van der Waals surface area contributed by atoms with Gasteiger partial charge in [0, 0.05) is 11.3 Å². The Morgan fingerprint density at radius 1 is 0.950 bits per heavy atom. The summed E-state index contributed by atoms with van der Waals surface area (Å²) >= 11 is 0. The second-order valence-electron chi connectivity index (χ2n) is 5.17. The van der Waals surface area contributed by atoms with E-state index in [4.69, 9.17) is 11.6 Å². The molecule has 0 saturated carbocycles. The Kier molecular flexibility index (Phi) is 4.06. The number of nitrogens with two attached hydrogens (primary N) is 2. The predicted molar refractivity (Wildman–Crippen MR) is 80.6 cm³/mol. The van der Waals surface area contributed by atoms with Crippen LogP contribution in [-0.2, 0) is 0 Å². The van der Waals surface area contributed by atoms with E-state index < -0.39 is 0 Å². The number of benzene rings is 2. The Labute approximate surface area is 118 Å². The maximum Gasteiger partial charge on any atom is 0.123 e. The zero-order valence-corrected chi connectivity index (χ0v) is 12.0. The van der Waals surface area contributed by atoms with Crippen LogP contribution in [0.4, 0.5) is 10.1 Å². The molecular weight excluding hydrogens is 253 g/mol. The van der Waals surface area contributed by atoms with Crippen molar-refractivity contribution in [3.05, 3.63) is 64.0 Å². The molecule has 20 heavy (non-hydrogen) atoms. The number of rotatable bonds is 3. The molecule has 0 aromatic heterocycles. The van der Waals surface area contributed by atoms with E-state index in [2.05, 4.69) is 24.5 Å². The van der Waals surface area contributed by atoms with E-state index in [1.165, 1.54) is 23.3 Å². The van der Waals surface area contributed by atoms with Crippen LogP contribution >= 0.6 is 0 Å². The van der Waals surface area contributed by atoms with Gasteiger partial charge in [0.05, 0.1) is 6.04 Å². The van der Waals surface area contributed by atoms with Gasteiger partial charge in [-0.1, -0.05) is 12.1 Å². The van der Waals surface area contributed by atoms with Crippen LogP contribution in [-0.4, -0.2) is 0 Å². The first-order chi connectivity index (χ1) is 9.43. The van der Waals surface area contributed by atoms with Crippen LogP contribution in [0.5, 0.6) is 0 Å². The molecule has 0 aliphatic heterocycles. The highest BCUT2D eigenvalue weighted by Gasteiger charge is 2.18. The molecule has 0 spiro atoms. The van der Waals surface area contributed by atoms with Gasteiger partial charge in [-0.15, -0.1) is 0 Å². The molecule has 0 radical (unpaired) electrons. The summed E-state index contributed by atoms with van der Waals surface area (Å²) in [6.07, 6.45) is 0. The lowest BCUT2D eigenvalue weighted by Gasteiger charge is -2.22. The van der Waals surface area contributed by atoms with Gasteiger partial charge in [-0.25, -0.2) is 9.82 Å². The molecule has 0 amide bonds. The van der Waals surface area contributed by atoms with E-state index in [0.29, 0.717) is 11.3 Å². The zero-order valence-electron chi connectivity index (χ0n) is 12.0. The summed E-state index contributed by atoms with van der Waals surface area (Å²) in [6, 6.07) is 8.17. The molecule has 2 rings (SSSR count). The minimum Gasteiger partial charge on any atom is -0.398 e. The van der Waals surface area contributed by atoms with Crippen molar-refractivity contribution >= 4 is 5.69 Å². The van der Waals surface area contributed by atoms with Gasteiger partial charge in [0.1, 0.15) is 5.82 Å². The first kappa shape index (κ1) is 14.5. The molecule has 106 valence electrons. The Morgan fingerprint density at radius 2 is 1.60 bits per heavy atom. The van der Waals surface area contributed by atoms with E-state index in [1.54, 1.807) is 6.07 Å². The van der Waals surface area contributed by atoms with Crippen LogP contribution in [0.25, 0.3) is 0 Å². The largest absolute Gasteiger partial charge is 0.398 e. The van der Waals surface area contributed by atoms with E-state index in [-0.39, 0.29) is 11.9 Å². The normalized spacial score (nSPS) is 12.4. The van der Waals surface area contributed by atoms with Crippen LogP contribution < -0.4 is 17.0 Å². The van der Waals surface area contributed by atoms with Crippen LogP contribution in [0.1, 0.15) is 33.9 Å². The summed E-state index contributed by atoms with van der Waals surface area (Å²) in [5.74, 6) is 5.36. The summed E-state index contributed by atoms with van der Waals surface area (Å²) in [6.45, 7) is 6.12. The third-order valence-electron chi connectivity index (χ3n) is 3.72. The topological polar surface area (TPSA) is 64.1 Å². The first-order valence-electron chi connectivity index (χ1n) is 6.53. The van der Waals surface area contributed by atoms with E-state index in [1.807, 2.05) is 13.8 Å². The van der Waals surface area contributed by atoms with Crippen molar-refractivity contribution in [3.8, 4) is 0 Å². The Balaban J connectivity index is 2.58. The van der Waals surface area contributed by atoms with Gasteiger partial charge >= 0.3 is 0 Å². The molecule has 1 atom stereocenters. The lowest BCUT2D eigenvalue weighted by molar-refractivity contribution is 0.605. The maximum atomic E-state index is 13.5. The number of halogens is 1. The fourth-order valence-corrected chi connectivity index (χ4v) is 2.44. The third kappa shape index (κ3) is 2.66. The number of nitrogens with one attached hydrogen (secondary N) is 1. The fraction of sp³-hybridized carbons (Fsp3) is 0.250. The van der Waals surface area contributed by atoms with Crippen molar-refractivity contribution in [2.45, 2.75) is 26.8 Å². The second-order valence-corrected chi connectivity index (χ2v) is 5.17. The number of hydrogen-bond acceptors (Lipinski definition) is 3. The molecule has 0 saturated heterocycles. The quantitative estimate of drug-likeness (QED) is 0.458. The highest BCUT2D eigenvalue weighted by molar-refractivity contribution is 5.53. The fourth-order valence-electron chi connectivity index (χ4n) is 2.44. The molecule has 2 aromatic rings. The first-order valence-corrected chi connectivity index (χ1v) is 6.53. The molecule has 0 bridgehead atoms. The molecule has 4 heteroatoms. The average Bonchev–Trinajstić information content (AvgIpc) is 2.40. The molecule has 2 aromatic carbocycles. The van der Waals surface area contributed by atoms with E-state index in [9.17, 15) is 4.39 Å². The Bertz CT molecular complexity index is 638. The van der Waals surface area contributed by atoms with Gasteiger partial charge in [0.2, 0.25) is 0 Å². The summed E-state index contributed by atoms with van der Waals surface area (Å²) < 4.78 is 13.5. The number of nitrogen functional groups attached to an aromatic ring is 1. The minimum absolute atomic E-state index is 0.323. The van der Waals surface area contributed by atoms with Crippen molar-refractivity contribution in [2.24, 2.45) is 5.84 Å². The number of aryl methyl sites for hydroxylation is 3. The summed E-state index contributed by atoms with van der Waals surface area (Å²) in [5, 5.41) is 0. The van der Waals surface area contributed by atoms with Crippen LogP contribution in [0.3, 0.4) is 0 Å². The van der Waals surface area contributed by atoms with Crippen molar-refractivity contribution < 1.29 is 4.39 Å². The molecule has 1 unspecified atom stereocenters. The van der Waals surface area contributed by atoms with Crippen LogP contribution in [0, 0.1) is 26.6 Å². The minimum atomic E-state index is -0.329. The maximum absolute atomic E-state index is 13.5. The Hall–Kier alpha value is -1.91. The van der Waals surface area contributed by atoms with Crippen molar-refractivity contribution in [1.29, 1.82) is 0 Å². The highest BCUT2D eigenvalue weighted by Crippen LogP contribution is 2.30. The second kappa shape index (κ2) is 5.61. The lowest BCUT2D eigenvalue weighted by atomic mass is 9.91. The van der Waals surface area contributed by atoms with Gasteiger partial charge in [-0.3, -0.25) is 5.84 Å². The smallest absolute Gasteiger partial charge is 0.123 e. The summed E-state index contributed by atoms with van der Waals surface area (Å²) in [7, 11) is 0. The molecule has 0 heterocycles. The van der Waals surface area contributed by atoms with Crippen molar-refractivity contribution in [2.75, 3.05) is 5.73 Å². The SMILES string of the molecule is Cc1cc(C)c(C(NN)c2cc(F)ccc2N)cc1C. The standard InChI is InChI=1S/C16H20FN3/c1-9-6-11(3)13(7-10(9)2)16(20-19)14-8-12(17)4-5-15(14)18/h4-8,16,20H,18-19H2,1-3H3. The van der Waals surface area contributed by atoms with Crippen LogP contribution in [0.2, 0.25) is 0 Å². The van der Waals surface area contributed by atoms with Crippen LogP contribution in [0.15, 0.2) is 30.3 Å². The number of hydrogen-bond donors (Lipinski definition) is 3. The number of anilines is 1. The number of hydrazine groups is 1. The van der Waals surface area contributed by atoms with Gasteiger partial charge in [0.15, 0.2) is 0 Å². The molecule has 0 aliphatic rings. The van der Waals surface area contributed by atoms with Gasteiger partial charge in [0.25, 0.3) is 0 Å². The highest BCUT2D eigenvalue weighted by atomic mass is 19.1. The van der Waals surface area contributed by atoms with E-state index >= 15 is 0 Å². The van der Waals surface area contributed by atoms with Gasteiger partial charge in [-0.2, -0.15) is 0 Å². The van der Waals surface area contributed by atoms with Gasteiger partial charge in [-0.05, 0) is 61.2 Å². The Morgan fingerprint density at radius 3 is 2.25 bits per heavy atom. The van der Waals surface area contributed by atoms with Gasteiger partial charge < -0.3 is 5.73 Å². The van der Waals surface area contributed by atoms with Crippen molar-refractivity contribution in [3.63, 3.8) is 0 Å².